The predicted octanol–water partition coefficient (Wildman–Crippen LogP) is 3.36. The molecular weight excluding hydrogens is 286 g/mol. The van der Waals surface area contributed by atoms with Gasteiger partial charge in [-0.1, -0.05) is 18.2 Å². The number of nitroso groups, excluding NO2 is 1. The van der Waals surface area contributed by atoms with Crippen molar-refractivity contribution < 1.29 is 4.79 Å². The van der Waals surface area contributed by atoms with Gasteiger partial charge in [0, 0.05) is 34.1 Å². The van der Waals surface area contributed by atoms with E-state index in [4.69, 9.17) is 0 Å². The molecule has 0 aliphatic carbocycles. The van der Waals surface area contributed by atoms with E-state index < -0.39 is 5.91 Å². The van der Waals surface area contributed by atoms with Crippen LogP contribution in [-0.2, 0) is 4.79 Å². The number of hydrogen-bond acceptors (Lipinski definition) is 5. The van der Waals surface area contributed by atoms with Crippen molar-refractivity contribution in [3.05, 3.63) is 64.7 Å². The van der Waals surface area contributed by atoms with Crippen LogP contribution < -0.4 is 4.90 Å². The number of para-hydroxylation sites is 1. The molecule has 0 bridgehead atoms. The Morgan fingerprint density at radius 3 is 2.95 bits per heavy atom. The van der Waals surface area contributed by atoms with Crippen molar-refractivity contribution in [2.75, 3.05) is 11.4 Å². The summed E-state index contributed by atoms with van der Waals surface area (Å²) in [5.74, 6) is -0.726. The summed E-state index contributed by atoms with van der Waals surface area (Å²) in [5, 5.41) is 5.32. The third-order valence-electron chi connectivity index (χ3n) is 3.14. The Morgan fingerprint density at radius 1 is 1.33 bits per heavy atom. The van der Waals surface area contributed by atoms with Crippen LogP contribution in [0, 0.1) is 4.91 Å². The summed E-state index contributed by atoms with van der Waals surface area (Å²) >= 11 is 1.55. The molecule has 0 fully saturated rings. The fourth-order valence-corrected chi connectivity index (χ4v) is 2.85. The monoisotopic (exact) mass is 297 g/mol. The van der Waals surface area contributed by atoms with Gasteiger partial charge in [0.15, 0.2) is 0 Å². The number of aromatic nitrogens is 1. The van der Waals surface area contributed by atoms with E-state index in [0.29, 0.717) is 12.1 Å². The minimum Gasteiger partial charge on any atom is -0.343 e. The zero-order chi connectivity index (χ0) is 14.7. The highest BCUT2D eigenvalue weighted by Gasteiger charge is 2.19. The van der Waals surface area contributed by atoms with E-state index >= 15 is 0 Å². The Morgan fingerprint density at radius 2 is 2.19 bits per heavy atom. The highest BCUT2D eigenvalue weighted by atomic mass is 32.1. The van der Waals surface area contributed by atoms with Crippen molar-refractivity contribution in [1.82, 2.24) is 4.98 Å². The Balaban J connectivity index is 1.96. The van der Waals surface area contributed by atoms with Gasteiger partial charge in [-0.15, -0.1) is 16.2 Å². The molecule has 1 amide bonds. The molecule has 0 spiro atoms. The van der Waals surface area contributed by atoms with Crippen LogP contribution in [-0.4, -0.2) is 17.4 Å². The molecule has 2 aromatic rings. The SMILES string of the molecule is O=NC(=O)C1=CC=CN(c2ccccc2-c2nccs2)C1. The molecule has 0 N–H and O–H groups in total. The van der Waals surface area contributed by atoms with Crippen molar-refractivity contribution in [2.45, 2.75) is 0 Å². The number of amides is 1. The molecule has 1 aliphatic heterocycles. The number of hydrogen-bond donors (Lipinski definition) is 0. The van der Waals surface area contributed by atoms with Gasteiger partial charge in [-0.2, -0.15) is 0 Å². The van der Waals surface area contributed by atoms with E-state index in [1.807, 2.05) is 40.7 Å². The summed E-state index contributed by atoms with van der Waals surface area (Å²) in [6.45, 7) is 0.323. The van der Waals surface area contributed by atoms with E-state index in [-0.39, 0.29) is 0 Å². The maximum absolute atomic E-state index is 11.4. The fourth-order valence-electron chi connectivity index (χ4n) is 2.18. The van der Waals surface area contributed by atoms with Crippen molar-refractivity contribution in [2.24, 2.45) is 5.18 Å². The number of rotatable bonds is 3. The molecule has 104 valence electrons. The molecule has 0 saturated carbocycles. The van der Waals surface area contributed by atoms with Crippen LogP contribution in [0.1, 0.15) is 0 Å². The molecular formula is C15H11N3O2S. The van der Waals surface area contributed by atoms with Crippen molar-refractivity contribution in [3.8, 4) is 10.6 Å². The van der Waals surface area contributed by atoms with Crippen LogP contribution in [0.15, 0.2) is 64.9 Å². The lowest BCUT2D eigenvalue weighted by molar-refractivity contribution is -0.114. The number of benzene rings is 1. The van der Waals surface area contributed by atoms with Gasteiger partial charge in [0.05, 0.1) is 12.2 Å². The zero-order valence-corrected chi connectivity index (χ0v) is 11.8. The second-order valence-electron chi connectivity index (χ2n) is 4.41. The highest BCUT2D eigenvalue weighted by Crippen LogP contribution is 2.33. The molecule has 0 unspecified atom stereocenters. The average molecular weight is 297 g/mol. The van der Waals surface area contributed by atoms with Gasteiger partial charge < -0.3 is 4.90 Å². The summed E-state index contributed by atoms with van der Waals surface area (Å²) in [7, 11) is 0. The summed E-state index contributed by atoms with van der Waals surface area (Å²) < 4.78 is 0. The van der Waals surface area contributed by atoms with Crippen LogP contribution in [0.2, 0.25) is 0 Å². The summed E-state index contributed by atoms with van der Waals surface area (Å²) in [5.41, 5.74) is 2.30. The van der Waals surface area contributed by atoms with Gasteiger partial charge in [0.1, 0.15) is 5.01 Å². The standard InChI is InChI=1S/C15H11N3O2S/c19-14(17-20)11-4-3-8-18(10-11)13-6-2-1-5-12(13)15-16-7-9-21-15/h1-9H,10H2. The Hall–Kier alpha value is -2.60. The largest absolute Gasteiger partial charge is 0.343 e. The van der Waals surface area contributed by atoms with Gasteiger partial charge in [-0.05, 0) is 18.2 Å². The number of anilines is 1. The molecule has 6 heteroatoms. The molecule has 2 heterocycles. The minimum atomic E-state index is -0.726. The number of carbonyl (C=O) groups excluding carboxylic acids is 1. The topological polar surface area (TPSA) is 62.6 Å². The third kappa shape index (κ3) is 2.66. The first-order valence-corrected chi connectivity index (χ1v) is 7.18. The third-order valence-corrected chi connectivity index (χ3v) is 3.94. The lowest BCUT2D eigenvalue weighted by atomic mass is 10.1. The second-order valence-corrected chi connectivity index (χ2v) is 5.31. The van der Waals surface area contributed by atoms with E-state index in [0.717, 1.165) is 16.3 Å². The van der Waals surface area contributed by atoms with Crippen LogP contribution >= 0.6 is 11.3 Å². The second kappa shape index (κ2) is 5.80. The van der Waals surface area contributed by atoms with Gasteiger partial charge in [-0.25, -0.2) is 4.98 Å². The normalized spacial score (nSPS) is 13.9. The number of allylic oxidation sites excluding steroid dienone is 2. The first kappa shape index (κ1) is 13.4. The Bertz CT molecular complexity index is 735. The van der Waals surface area contributed by atoms with E-state index in [1.165, 1.54) is 0 Å². The molecule has 21 heavy (non-hydrogen) atoms. The van der Waals surface area contributed by atoms with Crippen molar-refractivity contribution >= 4 is 22.9 Å². The highest BCUT2D eigenvalue weighted by molar-refractivity contribution is 7.13. The maximum Gasteiger partial charge on any atom is 0.314 e. The van der Waals surface area contributed by atoms with E-state index in [2.05, 4.69) is 10.2 Å². The Labute approximate surface area is 125 Å². The molecule has 0 atom stereocenters. The molecule has 1 aromatic heterocycles. The van der Waals surface area contributed by atoms with E-state index in [9.17, 15) is 9.70 Å². The first-order valence-electron chi connectivity index (χ1n) is 6.30. The quantitative estimate of drug-likeness (QED) is 0.815. The van der Waals surface area contributed by atoms with Gasteiger partial charge in [0.2, 0.25) is 0 Å². The molecule has 5 nitrogen and oxygen atoms in total. The van der Waals surface area contributed by atoms with E-state index in [1.54, 1.807) is 29.7 Å². The Kier molecular flexibility index (Phi) is 3.70. The van der Waals surface area contributed by atoms with Crippen LogP contribution in [0.3, 0.4) is 0 Å². The average Bonchev–Trinajstić information content (AvgIpc) is 3.08. The summed E-state index contributed by atoms with van der Waals surface area (Å²) in [6, 6.07) is 7.82. The van der Waals surface area contributed by atoms with Gasteiger partial charge in [0.25, 0.3) is 0 Å². The van der Waals surface area contributed by atoms with Crippen LogP contribution in [0.5, 0.6) is 0 Å². The molecule has 0 radical (unpaired) electrons. The zero-order valence-electron chi connectivity index (χ0n) is 11.0. The minimum absolute atomic E-state index is 0.323. The van der Waals surface area contributed by atoms with Gasteiger partial charge >= 0.3 is 5.91 Å². The first-order chi connectivity index (χ1) is 10.3. The molecule has 0 saturated heterocycles. The smallest absolute Gasteiger partial charge is 0.314 e. The lowest BCUT2D eigenvalue weighted by Gasteiger charge is -2.25. The van der Waals surface area contributed by atoms with Crippen LogP contribution in [0.4, 0.5) is 5.69 Å². The van der Waals surface area contributed by atoms with Crippen LogP contribution in [0.25, 0.3) is 10.6 Å². The fraction of sp³-hybridized carbons (Fsp3) is 0.0667. The lowest BCUT2D eigenvalue weighted by Crippen LogP contribution is -2.24. The number of nitrogens with zero attached hydrogens (tertiary/aromatic N) is 3. The molecule has 1 aliphatic rings. The van der Waals surface area contributed by atoms with Crippen molar-refractivity contribution in [1.29, 1.82) is 0 Å². The van der Waals surface area contributed by atoms with Gasteiger partial charge in [-0.3, -0.25) is 4.79 Å². The molecule has 1 aromatic carbocycles. The summed E-state index contributed by atoms with van der Waals surface area (Å²) in [6.07, 6.45) is 6.98. The summed E-state index contributed by atoms with van der Waals surface area (Å²) in [4.78, 5) is 28.1. The molecule has 3 rings (SSSR count). The predicted molar refractivity (Wildman–Crippen MR) is 82.9 cm³/mol. The number of thiazole rings is 1. The number of carbonyl (C=O) groups is 1. The maximum atomic E-state index is 11.4. The van der Waals surface area contributed by atoms with Crippen molar-refractivity contribution in [3.63, 3.8) is 0 Å².